The molecule has 4 rings (SSSR count). The largest absolute Gasteiger partial charge is 0.378 e. The molecule has 1 saturated heterocycles. The van der Waals surface area contributed by atoms with Crippen molar-refractivity contribution >= 4 is 11.6 Å². The third-order valence-electron chi connectivity index (χ3n) is 5.72. The quantitative estimate of drug-likeness (QED) is 0.713. The Morgan fingerprint density at radius 2 is 1.75 bits per heavy atom. The second-order valence-electron chi connectivity index (χ2n) is 8.31. The van der Waals surface area contributed by atoms with Crippen molar-refractivity contribution < 1.29 is 9.53 Å². The van der Waals surface area contributed by atoms with Gasteiger partial charge >= 0.3 is 0 Å². The molecular weight excluding hydrogens is 348 g/mol. The molecule has 0 unspecified atom stereocenters. The van der Waals surface area contributed by atoms with E-state index < -0.39 is 0 Å². The number of benzene rings is 2. The van der Waals surface area contributed by atoms with Gasteiger partial charge in [-0.1, -0.05) is 24.3 Å². The second kappa shape index (κ2) is 8.36. The van der Waals surface area contributed by atoms with E-state index in [9.17, 15) is 4.79 Å². The maximum atomic E-state index is 13.3. The SMILES string of the molecule is CN(C)c1cccc(-c2cccc(C(=O)N(CC3CC3)C[C@H]3CCCO3)c2)c1. The van der Waals surface area contributed by atoms with Crippen LogP contribution in [0.15, 0.2) is 48.5 Å². The van der Waals surface area contributed by atoms with Crippen LogP contribution >= 0.6 is 0 Å². The molecule has 0 aromatic heterocycles. The van der Waals surface area contributed by atoms with Crippen molar-refractivity contribution in [3.8, 4) is 11.1 Å². The number of carbonyl (C=O) groups is 1. The molecule has 0 bridgehead atoms. The molecule has 28 heavy (non-hydrogen) atoms. The zero-order valence-corrected chi connectivity index (χ0v) is 16.9. The van der Waals surface area contributed by atoms with E-state index in [1.165, 1.54) is 12.8 Å². The Morgan fingerprint density at radius 3 is 2.43 bits per heavy atom. The highest BCUT2D eigenvalue weighted by Crippen LogP contribution is 2.31. The highest BCUT2D eigenvalue weighted by atomic mass is 16.5. The molecule has 2 fully saturated rings. The number of hydrogen-bond donors (Lipinski definition) is 0. The lowest BCUT2D eigenvalue weighted by Gasteiger charge is -2.26. The predicted molar refractivity (Wildman–Crippen MR) is 114 cm³/mol. The standard InChI is InChI=1S/C24H30N2O2/c1-25(2)22-9-4-7-20(15-22)19-6-3-8-21(14-19)24(27)26(16-18-11-12-18)17-23-10-5-13-28-23/h3-4,6-9,14-15,18,23H,5,10-13,16-17H2,1-2H3/t23-/m1/s1. The summed E-state index contributed by atoms with van der Waals surface area (Å²) >= 11 is 0. The van der Waals surface area contributed by atoms with Gasteiger partial charge in [-0.25, -0.2) is 0 Å². The smallest absolute Gasteiger partial charge is 0.253 e. The van der Waals surface area contributed by atoms with Crippen molar-refractivity contribution in [2.45, 2.75) is 31.8 Å². The van der Waals surface area contributed by atoms with Crippen LogP contribution in [0, 0.1) is 5.92 Å². The molecule has 2 aromatic carbocycles. The lowest BCUT2D eigenvalue weighted by Crippen LogP contribution is -2.38. The van der Waals surface area contributed by atoms with Crippen molar-refractivity contribution in [2.75, 3.05) is 38.7 Å². The monoisotopic (exact) mass is 378 g/mol. The van der Waals surface area contributed by atoms with E-state index in [4.69, 9.17) is 4.74 Å². The number of anilines is 1. The van der Waals surface area contributed by atoms with Crippen LogP contribution in [0.5, 0.6) is 0 Å². The molecule has 2 aromatic rings. The molecule has 1 aliphatic heterocycles. The lowest BCUT2D eigenvalue weighted by atomic mass is 10.0. The molecule has 1 atom stereocenters. The predicted octanol–water partition coefficient (Wildman–Crippen LogP) is 4.45. The van der Waals surface area contributed by atoms with Gasteiger partial charge < -0.3 is 14.5 Å². The summed E-state index contributed by atoms with van der Waals surface area (Å²) in [7, 11) is 4.08. The van der Waals surface area contributed by atoms with Crippen LogP contribution in [0.2, 0.25) is 0 Å². The summed E-state index contributed by atoms with van der Waals surface area (Å²) in [5.41, 5.74) is 4.14. The molecule has 148 valence electrons. The fraction of sp³-hybridized carbons (Fsp3) is 0.458. The van der Waals surface area contributed by atoms with Crippen LogP contribution in [0.4, 0.5) is 5.69 Å². The Kier molecular flexibility index (Phi) is 5.67. The van der Waals surface area contributed by atoms with Crippen LogP contribution in [0.3, 0.4) is 0 Å². The summed E-state index contributed by atoms with van der Waals surface area (Å²) in [5.74, 6) is 0.804. The molecule has 1 aliphatic carbocycles. The molecule has 2 aliphatic rings. The Labute approximate surface area is 168 Å². The van der Waals surface area contributed by atoms with Gasteiger partial charge in [-0.2, -0.15) is 0 Å². The minimum absolute atomic E-state index is 0.132. The minimum Gasteiger partial charge on any atom is -0.378 e. The third kappa shape index (κ3) is 4.56. The average Bonchev–Trinajstić information content (AvgIpc) is 3.39. The number of nitrogens with zero attached hydrogens (tertiary/aromatic N) is 2. The Morgan fingerprint density at radius 1 is 1.00 bits per heavy atom. The van der Waals surface area contributed by atoms with Gasteiger partial charge in [0.25, 0.3) is 5.91 Å². The van der Waals surface area contributed by atoms with E-state index in [0.29, 0.717) is 5.92 Å². The van der Waals surface area contributed by atoms with E-state index in [1.807, 2.05) is 37.2 Å². The topological polar surface area (TPSA) is 32.8 Å². The van der Waals surface area contributed by atoms with Gasteiger partial charge in [0.15, 0.2) is 0 Å². The number of rotatable bonds is 7. The van der Waals surface area contributed by atoms with Crippen molar-refractivity contribution in [3.63, 3.8) is 0 Å². The van der Waals surface area contributed by atoms with Gasteiger partial charge in [0.05, 0.1) is 6.10 Å². The molecule has 4 nitrogen and oxygen atoms in total. The van der Waals surface area contributed by atoms with Gasteiger partial charge in [0, 0.05) is 45.0 Å². The van der Waals surface area contributed by atoms with Gasteiger partial charge in [0.1, 0.15) is 0 Å². The van der Waals surface area contributed by atoms with E-state index >= 15 is 0 Å². The zero-order chi connectivity index (χ0) is 19.5. The number of carbonyl (C=O) groups excluding carboxylic acids is 1. The molecule has 1 heterocycles. The molecule has 4 heteroatoms. The van der Waals surface area contributed by atoms with E-state index in [1.54, 1.807) is 0 Å². The van der Waals surface area contributed by atoms with Gasteiger partial charge in [0.2, 0.25) is 0 Å². The average molecular weight is 379 g/mol. The highest BCUT2D eigenvalue weighted by Gasteiger charge is 2.30. The summed E-state index contributed by atoms with van der Waals surface area (Å²) in [5, 5.41) is 0. The van der Waals surface area contributed by atoms with Crippen LogP contribution in [-0.4, -0.2) is 50.7 Å². The van der Waals surface area contributed by atoms with E-state index in [0.717, 1.165) is 54.9 Å². The van der Waals surface area contributed by atoms with Crippen LogP contribution in [0.1, 0.15) is 36.0 Å². The van der Waals surface area contributed by atoms with Gasteiger partial charge in [-0.15, -0.1) is 0 Å². The lowest BCUT2D eigenvalue weighted by molar-refractivity contribution is 0.0515. The molecule has 1 saturated carbocycles. The number of hydrogen-bond acceptors (Lipinski definition) is 3. The van der Waals surface area contributed by atoms with Crippen LogP contribution in [-0.2, 0) is 4.74 Å². The first-order valence-corrected chi connectivity index (χ1v) is 10.4. The second-order valence-corrected chi connectivity index (χ2v) is 8.31. The molecule has 0 radical (unpaired) electrons. The summed E-state index contributed by atoms with van der Waals surface area (Å²) in [6.07, 6.45) is 4.85. The van der Waals surface area contributed by atoms with Crippen LogP contribution < -0.4 is 4.90 Å². The molecular formula is C24H30N2O2. The Hall–Kier alpha value is -2.33. The first-order chi connectivity index (χ1) is 13.6. The van der Waals surface area contributed by atoms with E-state index in [-0.39, 0.29) is 12.0 Å². The first kappa shape index (κ1) is 19.0. The molecule has 1 amide bonds. The van der Waals surface area contributed by atoms with Gasteiger partial charge in [-0.3, -0.25) is 4.79 Å². The molecule has 0 N–H and O–H groups in total. The zero-order valence-electron chi connectivity index (χ0n) is 16.9. The van der Waals surface area contributed by atoms with Crippen molar-refractivity contribution in [2.24, 2.45) is 5.92 Å². The summed E-state index contributed by atoms with van der Waals surface area (Å²) in [6, 6.07) is 16.5. The summed E-state index contributed by atoms with van der Waals surface area (Å²) in [4.78, 5) is 17.4. The Bertz CT molecular complexity index is 823. The van der Waals surface area contributed by atoms with Crippen molar-refractivity contribution in [1.82, 2.24) is 4.90 Å². The highest BCUT2D eigenvalue weighted by molar-refractivity contribution is 5.95. The summed E-state index contributed by atoms with van der Waals surface area (Å²) in [6.45, 7) is 2.41. The van der Waals surface area contributed by atoms with Crippen molar-refractivity contribution in [1.29, 1.82) is 0 Å². The van der Waals surface area contributed by atoms with Gasteiger partial charge in [-0.05, 0) is 67.0 Å². The van der Waals surface area contributed by atoms with Crippen molar-refractivity contribution in [3.05, 3.63) is 54.1 Å². The fourth-order valence-electron chi connectivity index (χ4n) is 3.86. The van der Waals surface area contributed by atoms with Crippen LogP contribution in [0.25, 0.3) is 11.1 Å². The first-order valence-electron chi connectivity index (χ1n) is 10.4. The molecule has 0 spiro atoms. The number of ether oxygens (including phenoxy) is 1. The third-order valence-corrected chi connectivity index (χ3v) is 5.72. The summed E-state index contributed by atoms with van der Waals surface area (Å²) < 4.78 is 5.80. The normalized spacial score (nSPS) is 18.9. The Balaban J connectivity index is 1.56. The minimum atomic E-state index is 0.132. The maximum absolute atomic E-state index is 13.3. The number of amides is 1. The van der Waals surface area contributed by atoms with E-state index in [2.05, 4.69) is 35.2 Å². The fourth-order valence-corrected chi connectivity index (χ4v) is 3.86. The maximum Gasteiger partial charge on any atom is 0.253 e.